The van der Waals surface area contributed by atoms with Gasteiger partial charge in [-0.2, -0.15) is 0 Å². The second kappa shape index (κ2) is 7.62. The molecule has 3 heterocycles. The van der Waals surface area contributed by atoms with Crippen molar-refractivity contribution in [1.29, 1.82) is 0 Å². The van der Waals surface area contributed by atoms with Crippen LogP contribution in [-0.4, -0.2) is 40.4 Å². The molecule has 5 nitrogen and oxygen atoms in total. The fraction of sp³-hybridized carbons (Fsp3) is 0.526. The SMILES string of the molecule is O=C(N[C@@H](c1nccs1)[C@@H]1CCCN(CC2CC2)C1)c1ccccn1. The van der Waals surface area contributed by atoms with Gasteiger partial charge in [0.15, 0.2) is 0 Å². The summed E-state index contributed by atoms with van der Waals surface area (Å²) in [5.74, 6) is 1.20. The molecular weight excluding hydrogens is 332 g/mol. The highest BCUT2D eigenvalue weighted by molar-refractivity contribution is 7.09. The lowest BCUT2D eigenvalue weighted by molar-refractivity contribution is 0.0875. The van der Waals surface area contributed by atoms with Crippen molar-refractivity contribution >= 4 is 17.2 Å². The largest absolute Gasteiger partial charge is 0.341 e. The van der Waals surface area contributed by atoms with E-state index in [4.69, 9.17) is 0 Å². The van der Waals surface area contributed by atoms with Gasteiger partial charge in [0.25, 0.3) is 5.91 Å². The molecule has 2 aromatic rings. The minimum Gasteiger partial charge on any atom is -0.341 e. The highest BCUT2D eigenvalue weighted by atomic mass is 32.1. The number of hydrogen-bond acceptors (Lipinski definition) is 5. The van der Waals surface area contributed by atoms with Crippen molar-refractivity contribution in [3.63, 3.8) is 0 Å². The van der Waals surface area contributed by atoms with Gasteiger partial charge < -0.3 is 10.2 Å². The summed E-state index contributed by atoms with van der Waals surface area (Å²) in [5.41, 5.74) is 0.467. The average Bonchev–Trinajstić information content (AvgIpc) is 3.30. The number of rotatable bonds is 6. The molecule has 0 spiro atoms. The lowest BCUT2D eigenvalue weighted by Crippen LogP contribution is -2.43. The molecule has 1 N–H and O–H groups in total. The number of thiazole rings is 1. The lowest BCUT2D eigenvalue weighted by atomic mass is 9.90. The van der Waals surface area contributed by atoms with E-state index in [1.165, 1.54) is 32.4 Å². The zero-order valence-electron chi connectivity index (χ0n) is 14.3. The molecule has 2 aromatic heterocycles. The Kier molecular flexibility index (Phi) is 5.08. The molecule has 2 fully saturated rings. The first-order chi connectivity index (χ1) is 12.3. The average molecular weight is 356 g/mol. The Morgan fingerprint density at radius 3 is 2.92 bits per heavy atom. The summed E-state index contributed by atoms with van der Waals surface area (Å²) in [6.45, 7) is 3.45. The molecule has 1 aliphatic heterocycles. The topological polar surface area (TPSA) is 58.1 Å². The smallest absolute Gasteiger partial charge is 0.270 e. The number of hydrogen-bond donors (Lipinski definition) is 1. The van der Waals surface area contributed by atoms with Crippen LogP contribution < -0.4 is 5.32 Å². The van der Waals surface area contributed by atoms with Gasteiger partial charge in [0, 0.05) is 30.9 Å². The summed E-state index contributed by atoms with van der Waals surface area (Å²) >= 11 is 1.62. The van der Waals surface area contributed by atoms with Gasteiger partial charge in [-0.1, -0.05) is 6.07 Å². The van der Waals surface area contributed by atoms with Gasteiger partial charge in [-0.05, 0) is 56.2 Å². The maximum Gasteiger partial charge on any atom is 0.270 e. The van der Waals surface area contributed by atoms with Gasteiger partial charge in [-0.15, -0.1) is 11.3 Å². The van der Waals surface area contributed by atoms with Crippen LogP contribution >= 0.6 is 11.3 Å². The van der Waals surface area contributed by atoms with Crippen LogP contribution in [0.15, 0.2) is 36.0 Å². The molecule has 2 atom stereocenters. The third-order valence-corrected chi connectivity index (χ3v) is 5.99. The second-order valence-corrected chi connectivity index (χ2v) is 8.07. The van der Waals surface area contributed by atoms with E-state index in [-0.39, 0.29) is 11.9 Å². The van der Waals surface area contributed by atoms with Gasteiger partial charge in [0.05, 0.1) is 6.04 Å². The van der Waals surface area contributed by atoms with Crippen LogP contribution in [0.4, 0.5) is 0 Å². The number of carbonyl (C=O) groups excluding carboxylic acids is 1. The number of likely N-dealkylation sites (tertiary alicyclic amines) is 1. The monoisotopic (exact) mass is 356 g/mol. The molecule has 1 amide bonds. The van der Waals surface area contributed by atoms with E-state index >= 15 is 0 Å². The van der Waals surface area contributed by atoms with Crippen molar-refractivity contribution in [3.05, 3.63) is 46.7 Å². The Morgan fingerprint density at radius 1 is 1.28 bits per heavy atom. The van der Waals surface area contributed by atoms with Gasteiger partial charge in [0.1, 0.15) is 10.7 Å². The molecule has 132 valence electrons. The minimum absolute atomic E-state index is 0.0310. The van der Waals surface area contributed by atoms with Crippen molar-refractivity contribution in [1.82, 2.24) is 20.2 Å². The van der Waals surface area contributed by atoms with Crippen LogP contribution in [0.3, 0.4) is 0 Å². The van der Waals surface area contributed by atoms with Crippen LogP contribution in [0.5, 0.6) is 0 Å². The molecule has 0 unspecified atom stereocenters. The van der Waals surface area contributed by atoms with Gasteiger partial charge in [0.2, 0.25) is 0 Å². The van der Waals surface area contributed by atoms with E-state index < -0.39 is 0 Å². The lowest BCUT2D eigenvalue weighted by Gasteiger charge is -2.36. The van der Waals surface area contributed by atoms with Crippen molar-refractivity contribution < 1.29 is 4.79 Å². The summed E-state index contributed by atoms with van der Waals surface area (Å²) in [6.07, 6.45) is 8.57. The third-order valence-electron chi connectivity index (χ3n) is 5.13. The van der Waals surface area contributed by atoms with Crippen LogP contribution in [0.25, 0.3) is 0 Å². The molecule has 2 aliphatic rings. The van der Waals surface area contributed by atoms with E-state index in [0.29, 0.717) is 11.6 Å². The highest BCUT2D eigenvalue weighted by Crippen LogP contribution is 2.34. The van der Waals surface area contributed by atoms with Crippen molar-refractivity contribution in [3.8, 4) is 0 Å². The summed E-state index contributed by atoms with van der Waals surface area (Å²) in [7, 11) is 0. The highest BCUT2D eigenvalue weighted by Gasteiger charge is 2.33. The Bertz CT molecular complexity index is 687. The molecule has 1 saturated carbocycles. The summed E-state index contributed by atoms with van der Waals surface area (Å²) < 4.78 is 0. The van der Waals surface area contributed by atoms with E-state index in [9.17, 15) is 4.79 Å². The predicted octanol–water partition coefficient (Wildman–Crippen LogP) is 3.13. The van der Waals surface area contributed by atoms with Crippen molar-refractivity contribution in [2.45, 2.75) is 31.7 Å². The molecule has 1 aliphatic carbocycles. The number of carbonyl (C=O) groups is 1. The number of piperidine rings is 1. The number of nitrogens with zero attached hydrogens (tertiary/aromatic N) is 3. The number of amides is 1. The van der Waals surface area contributed by atoms with Crippen LogP contribution in [0.1, 0.15) is 47.2 Å². The Morgan fingerprint density at radius 2 is 2.20 bits per heavy atom. The van der Waals surface area contributed by atoms with Gasteiger partial charge >= 0.3 is 0 Å². The number of nitrogens with one attached hydrogen (secondary N) is 1. The quantitative estimate of drug-likeness (QED) is 0.864. The third kappa shape index (κ3) is 4.25. The standard InChI is InChI=1S/C19H24N4OS/c24-18(16-5-1-2-8-20-16)22-17(19-21-9-11-25-19)15-4-3-10-23(13-15)12-14-6-7-14/h1-2,5,8-9,11,14-15,17H,3-4,6-7,10,12-13H2,(H,22,24)/t15-,17-/m1/s1. The first-order valence-electron chi connectivity index (χ1n) is 9.13. The van der Waals surface area contributed by atoms with Gasteiger partial charge in [-0.3, -0.25) is 9.78 Å². The maximum absolute atomic E-state index is 12.7. The summed E-state index contributed by atoms with van der Waals surface area (Å²) in [6, 6.07) is 5.40. The Labute approximate surface area is 152 Å². The predicted molar refractivity (Wildman–Crippen MR) is 98.4 cm³/mol. The maximum atomic E-state index is 12.7. The summed E-state index contributed by atoms with van der Waals surface area (Å²) in [4.78, 5) is 23.9. The fourth-order valence-electron chi connectivity index (χ4n) is 3.68. The second-order valence-electron chi connectivity index (χ2n) is 7.14. The van der Waals surface area contributed by atoms with E-state index in [2.05, 4.69) is 20.2 Å². The molecule has 4 rings (SSSR count). The van der Waals surface area contributed by atoms with E-state index in [0.717, 1.165) is 23.9 Å². The normalized spacial score (nSPS) is 22.5. The minimum atomic E-state index is -0.111. The van der Waals surface area contributed by atoms with Gasteiger partial charge in [-0.25, -0.2) is 4.98 Å². The molecule has 6 heteroatoms. The van der Waals surface area contributed by atoms with E-state index in [1.54, 1.807) is 23.6 Å². The summed E-state index contributed by atoms with van der Waals surface area (Å²) in [5, 5.41) is 6.20. The molecule has 1 saturated heterocycles. The molecule has 0 bridgehead atoms. The van der Waals surface area contributed by atoms with Crippen LogP contribution in [-0.2, 0) is 0 Å². The molecule has 0 aromatic carbocycles. The van der Waals surface area contributed by atoms with E-state index in [1.807, 2.05) is 23.7 Å². The number of aromatic nitrogens is 2. The fourth-order valence-corrected chi connectivity index (χ4v) is 4.46. The molecular formula is C19H24N4OS. The Balaban J connectivity index is 1.49. The van der Waals surface area contributed by atoms with Crippen LogP contribution in [0.2, 0.25) is 0 Å². The van der Waals surface area contributed by atoms with Crippen LogP contribution in [0, 0.1) is 11.8 Å². The van der Waals surface area contributed by atoms with Crippen molar-refractivity contribution in [2.75, 3.05) is 19.6 Å². The zero-order chi connectivity index (χ0) is 17.1. The zero-order valence-corrected chi connectivity index (χ0v) is 15.1. The first-order valence-corrected chi connectivity index (χ1v) is 10.0. The van der Waals surface area contributed by atoms with Crippen molar-refractivity contribution in [2.24, 2.45) is 11.8 Å². The number of pyridine rings is 1. The molecule has 25 heavy (non-hydrogen) atoms. The Hall–Kier alpha value is -1.79. The molecule has 0 radical (unpaired) electrons. The first kappa shape index (κ1) is 16.7.